The first-order valence-electron chi connectivity index (χ1n) is 13.4. The highest BCUT2D eigenvalue weighted by Gasteiger charge is 2.62. The van der Waals surface area contributed by atoms with Gasteiger partial charge in [-0.3, -0.25) is 0 Å². The third kappa shape index (κ3) is 5.22. The molecule has 2 aromatic carbocycles. The molecule has 2 saturated carbocycles. The van der Waals surface area contributed by atoms with Crippen LogP contribution in [0.5, 0.6) is 0 Å². The average Bonchev–Trinajstić information content (AvgIpc) is 3.47. The minimum atomic E-state index is -1.86. The number of carbonyl (C=O) groups is 1. The fraction of sp³-hybridized carbons (Fsp3) is 0.567. The third-order valence-corrected chi connectivity index (χ3v) is 14.8. The topological polar surface area (TPSA) is 47.6 Å². The van der Waals surface area contributed by atoms with Crippen molar-refractivity contribution in [2.75, 3.05) is 0 Å². The van der Waals surface area contributed by atoms with Gasteiger partial charge in [-0.05, 0) is 58.5 Å². The van der Waals surface area contributed by atoms with Crippen LogP contribution in [0.3, 0.4) is 0 Å². The molecule has 1 N–H and O–H groups in total. The van der Waals surface area contributed by atoms with Crippen molar-refractivity contribution in [3.63, 3.8) is 0 Å². The van der Waals surface area contributed by atoms with Crippen molar-refractivity contribution >= 4 is 14.4 Å². The molecule has 0 heterocycles. The summed E-state index contributed by atoms with van der Waals surface area (Å²) in [7, 11) is -1.86. The van der Waals surface area contributed by atoms with Crippen LogP contribution >= 0.6 is 0 Å². The number of alkyl carbamates (subject to hydrolysis) is 1. The van der Waals surface area contributed by atoms with E-state index in [-0.39, 0.29) is 17.6 Å². The Morgan fingerprint density at radius 3 is 2.09 bits per heavy atom. The summed E-state index contributed by atoms with van der Waals surface area (Å²) >= 11 is 0. The second-order valence-corrected chi connectivity index (χ2v) is 17.1. The summed E-state index contributed by atoms with van der Waals surface area (Å²) in [4.78, 5) is 12.4. The van der Waals surface area contributed by atoms with Crippen LogP contribution in [0, 0.1) is 5.92 Å². The van der Waals surface area contributed by atoms with Crippen LogP contribution in [0.2, 0.25) is 16.6 Å². The maximum absolute atomic E-state index is 12.4. The van der Waals surface area contributed by atoms with Crippen LogP contribution in [-0.2, 0) is 27.8 Å². The molecule has 0 spiro atoms. The number of amides is 1. The Labute approximate surface area is 212 Å². The van der Waals surface area contributed by atoms with Crippen LogP contribution in [0.1, 0.15) is 77.5 Å². The van der Waals surface area contributed by atoms with Gasteiger partial charge in [0.1, 0.15) is 6.61 Å². The first-order chi connectivity index (χ1) is 16.7. The van der Waals surface area contributed by atoms with Gasteiger partial charge in [0, 0.05) is 11.5 Å². The van der Waals surface area contributed by atoms with Gasteiger partial charge < -0.3 is 14.5 Å². The van der Waals surface area contributed by atoms with Gasteiger partial charge in [0.25, 0.3) is 0 Å². The van der Waals surface area contributed by atoms with Gasteiger partial charge in [-0.15, -0.1) is 0 Å². The zero-order valence-electron chi connectivity index (χ0n) is 22.3. The van der Waals surface area contributed by atoms with E-state index in [1.807, 2.05) is 30.3 Å². The number of carbonyl (C=O) groups excluding carboxylic acids is 1. The molecule has 4 nitrogen and oxygen atoms in total. The van der Waals surface area contributed by atoms with Crippen molar-refractivity contribution in [1.82, 2.24) is 5.32 Å². The van der Waals surface area contributed by atoms with Crippen LogP contribution in [0.4, 0.5) is 4.79 Å². The van der Waals surface area contributed by atoms with E-state index in [2.05, 4.69) is 71.1 Å². The van der Waals surface area contributed by atoms with E-state index in [4.69, 9.17) is 9.16 Å². The van der Waals surface area contributed by atoms with E-state index in [0.717, 1.165) is 24.8 Å². The normalized spacial score (nSPS) is 23.6. The fourth-order valence-electron chi connectivity index (χ4n) is 6.97. The van der Waals surface area contributed by atoms with Crippen molar-refractivity contribution in [2.45, 2.75) is 102 Å². The monoisotopic (exact) mass is 493 g/mol. The highest BCUT2D eigenvalue weighted by Crippen LogP contribution is 2.64. The number of hydrogen-bond donors (Lipinski definition) is 1. The van der Waals surface area contributed by atoms with E-state index in [1.165, 1.54) is 11.1 Å². The number of rotatable bonds is 10. The van der Waals surface area contributed by atoms with E-state index in [9.17, 15) is 4.79 Å². The summed E-state index contributed by atoms with van der Waals surface area (Å²) in [6, 6.07) is 19.2. The Morgan fingerprint density at radius 1 is 0.914 bits per heavy atom. The molecular formula is C30H43NO3Si. The molecule has 35 heavy (non-hydrogen) atoms. The molecule has 0 aliphatic heterocycles. The number of ether oxygens (including phenoxy) is 1. The SMILES string of the molecule is CC(C)[Si](OCc1ccc([C@]23CC[C@@H](NC(=O)OCc4ccccc4)[C@H]2C3)cc1)(C(C)C)C(C)C. The van der Waals surface area contributed by atoms with E-state index in [1.54, 1.807) is 0 Å². The second kappa shape index (κ2) is 10.5. The highest BCUT2D eigenvalue weighted by molar-refractivity contribution is 6.77. The summed E-state index contributed by atoms with van der Waals surface area (Å²) in [5.41, 5.74) is 5.68. The molecular weight excluding hydrogens is 450 g/mol. The Morgan fingerprint density at radius 2 is 1.51 bits per heavy atom. The van der Waals surface area contributed by atoms with Crippen molar-refractivity contribution in [3.05, 3.63) is 71.3 Å². The zero-order chi connectivity index (χ0) is 25.2. The molecule has 0 aromatic heterocycles. The number of hydrogen-bond acceptors (Lipinski definition) is 3. The molecule has 2 aliphatic rings. The quantitative estimate of drug-likeness (QED) is 0.345. The number of nitrogens with one attached hydrogen (secondary N) is 1. The molecule has 2 aromatic rings. The Kier molecular flexibility index (Phi) is 7.77. The molecule has 2 aliphatic carbocycles. The molecule has 0 radical (unpaired) electrons. The van der Waals surface area contributed by atoms with Gasteiger partial charge in [-0.1, -0.05) is 96.1 Å². The van der Waals surface area contributed by atoms with Crippen LogP contribution < -0.4 is 5.32 Å². The van der Waals surface area contributed by atoms with Crippen LogP contribution in [0.25, 0.3) is 0 Å². The average molecular weight is 494 g/mol. The van der Waals surface area contributed by atoms with E-state index < -0.39 is 8.32 Å². The lowest BCUT2D eigenvalue weighted by Crippen LogP contribution is -2.47. The largest absolute Gasteiger partial charge is 0.445 e. The fourth-order valence-corrected chi connectivity index (χ4v) is 12.4. The van der Waals surface area contributed by atoms with Crippen molar-refractivity contribution < 1.29 is 14.0 Å². The van der Waals surface area contributed by atoms with E-state index >= 15 is 0 Å². The minimum absolute atomic E-state index is 0.205. The summed E-state index contributed by atoms with van der Waals surface area (Å²) in [6.07, 6.45) is 2.99. The molecule has 3 atom stereocenters. The predicted molar refractivity (Wildman–Crippen MR) is 145 cm³/mol. The molecule has 190 valence electrons. The summed E-state index contributed by atoms with van der Waals surface area (Å²) in [5.74, 6) is 0.511. The van der Waals surface area contributed by atoms with Gasteiger partial charge in [0.15, 0.2) is 0 Å². The summed E-state index contributed by atoms with van der Waals surface area (Å²) in [6.45, 7) is 15.0. The first kappa shape index (κ1) is 26.0. The summed E-state index contributed by atoms with van der Waals surface area (Å²) in [5, 5.41) is 3.14. The first-order valence-corrected chi connectivity index (χ1v) is 15.5. The Balaban J connectivity index is 1.32. The summed E-state index contributed by atoms with van der Waals surface area (Å²) < 4.78 is 12.2. The maximum atomic E-state index is 12.4. The molecule has 0 saturated heterocycles. The maximum Gasteiger partial charge on any atom is 0.407 e. The van der Waals surface area contributed by atoms with Crippen molar-refractivity contribution in [2.24, 2.45) is 5.92 Å². The van der Waals surface area contributed by atoms with Crippen molar-refractivity contribution in [3.8, 4) is 0 Å². The molecule has 1 amide bonds. The van der Waals surface area contributed by atoms with Crippen molar-refractivity contribution in [1.29, 1.82) is 0 Å². The van der Waals surface area contributed by atoms with Crippen LogP contribution in [-0.4, -0.2) is 20.5 Å². The molecule has 4 rings (SSSR count). The third-order valence-electron chi connectivity index (χ3n) is 8.76. The minimum Gasteiger partial charge on any atom is -0.445 e. The smallest absolute Gasteiger partial charge is 0.407 e. The zero-order valence-corrected chi connectivity index (χ0v) is 23.3. The van der Waals surface area contributed by atoms with Gasteiger partial charge in [-0.25, -0.2) is 4.79 Å². The second-order valence-electron chi connectivity index (χ2n) is 11.6. The van der Waals surface area contributed by atoms with Gasteiger partial charge in [-0.2, -0.15) is 0 Å². The van der Waals surface area contributed by atoms with Gasteiger partial charge in [0.2, 0.25) is 8.32 Å². The Hall–Kier alpha value is -2.11. The molecule has 0 unspecified atom stereocenters. The lowest BCUT2D eigenvalue weighted by molar-refractivity contribution is 0.134. The number of benzene rings is 2. The van der Waals surface area contributed by atoms with Gasteiger partial charge >= 0.3 is 6.09 Å². The number of fused-ring (bicyclic) bond motifs is 1. The lowest BCUT2D eigenvalue weighted by Gasteiger charge is -2.42. The highest BCUT2D eigenvalue weighted by atomic mass is 28.4. The van der Waals surface area contributed by atoms with Crippen LogP contribution in [0.15, 0.2) is 54.6 Å². The standard InChI is InChI=1S/C30H43NO3Si/c1-21(2)35(22(3)4,23(5)6)34-20-25-12-14-26(15-13-25)30-17-16-28(27(30)18-30)31-29(32)33-19-24-10-8-7-9-11-24/h7-15,21-23,27-28H,16-20H2,1-6H3,(H,31,32)/t27-,28-,30-/m1/s1. The molecule has 2 fully saturated rings. The Bertz CT molecular complexity index is 967. The predicted octanol–water partition coefficient (Wildman–Crippen LogP) is 7.73. The van der Waals surface area contributed by atoms with E-state index in [0.29, 0.717) is 35.8 Å². The molecule has 0 bridgehead atoms. The molecule has 5 heteroatoms. The lowest BCUT2D eigenvalue weighted by atomic mass is 9.93. The van der Waals surface area contributed by atoms with Gasteiger partial charge in [0.05, 0.1) is 6.61 Å².